The van der Waals surface area contributed by atoms with Crippen molar-refractivity contribution in [3.05, 3.63) is 22.2 Å². The first-order chi connectivity index (χ1) is 6.75. The van der Waals surface area contributed by atoms with Gasteiger partial charge in [-0.2, -0.15) is 0 Å². The highest BCUT2D eigenvalue weighted by Gasteiger charge is 2.28. The van der Waals surface area contributed by atoms with Crippen molar-refractivity contribution in [2.24, 2.45) is 5.14 Å². The molecular weight excluding hydrogens is 301 g/mol. The van der Waals surface area contributed by atoms with Crippen LogP contribution in [0.4, 0.5) is 13.2 Å². The SMILES string of the molecule is NS(=O)(=O)c1c(F)cnc(Br)c1C(F)F. The molecule has 2 N–H and O–H groups in total. The molecular formula is C6H4BrF3N2O2S. The van der Waals surface area contributed by atoms with Crippen molar-refractivity contribution >= 4 is 26.0 Å². The second kappa shape index (κ2) is 4.06. The van der Waals surface area contributed by atoms with Crippen molar-refractivity contribution in [1.29, 1.82) is 0 Å². The van der Waals surface area contributed by atoms with Gasteiger partial charge in [-0.1, -0.05) is 0 Å². The summed E-state index contributed by atoms with van der Waals surface area (Å²) >= 11 is 2.60. The number of alkyl halides is 2. The van der Waals surface area contributed by atoms with E-state index in [9.17, 15) is 21.6 Å². The Morgan fingerprint density at radius 2 is 2.00 bits per heavy atom. The van der Waals surface area contributed by atoms with Crippen molar-refractivity contribution in [1.82, 2.24) is 4.98 Å². The Morgan fingerprint density at radius 3 is 2.33 bits per heavy atom. The quantitative estimate of drug-likeness (QED) is 0.843. The maximum Gasteiger partial charge on any atom is 0.267 e. The van der Waals surface area contributed by atoms with Gasteiger partial charge in [0, 0.05) is 0 Å². The van der Waals surface area contributed by atoms with E-state index in [1.807, 2.05) is 0 Å². The molecule has 1 aromatic heterocycles. The second-order valence-electron chi connectivity index (χ2n) is 2.49. The Hall–Kier alpha value is -0.670. The average molecular weight is 305 g/mol. The first kappa shape index (κ1) is 12.4. The molecule has 0 atom stereocenters. The Morgan fingerprint density at radius 1 is 1.47 bits per heavy atom. The van der Waals surface area contributed by atoms with E-state index in [-0.39, 0.29) is 0 Å². The minimum atomic E-state index is -4.56. The van der Waals surface area contributed by atoms with Crippen LogP contribution in [0.5, 0.6) is 0 Å². The predicted octanol–water partition coefficient (Wildman–Crippen LogP) is 1.57. The van der Waals surface area contributed by atoms with E-state index in [0.29, 0.717) is 6.20 Å². The minimum absolute atomic E-state index is 0.456. The van der Waals surface area contributed by atoms with Crippen LogP contribution in [0.3, 0.4) is 0 Å². The van der Waals surface area contributed by atoms with Crippen molar-refractivity contribution in [2.45, 2.75) is 11.3 Å². The van der Waals surface area contributed by atoms with Crippen molar-refractivity contribution < 1.29 is 21.6 Å². The lowest BCUT2D eigenvalue weighted by Crippen LogP contribution is -2.17. The largest absolute Gasteiger partial charge is 0.267 e. The molecule has 9 heteroatoms. The number of aromatic nitrogens is 1. The zero-order chi connectivity index (χ0) is 11.8. The van der Waals surface area contributed by atoms with Crippen LogP contribution < -0.4 is 5.14 Å². The highest BCUT2D eigenvalue weighted by atomic mass is 79.9. The van der Waals surface area contributed by atoms with E-state index in [2.05, 4.69) is 26.1 Å². The molecule has 15 heavy (non-hydrogen) atoms. The molecule has 1 aromatic rings. The van der Waals surface area contributed by atoms with Crippen LogP contribution in [0.25, 0.3) is 0 Å². The van der Waals surface area contributed by atoms with Gasteiger partial charge in [-0.25, -0.2) is 31.7 Å². The molecule has 0 aliphatic heterocycles. The van der Waals surface area contributed by atoms with Gasteiger partial charge in [-0.15, -0.1) is 0 Å². The van der Waals surface area contributed by atoms with E-state index in [0.717, 1.165) is 0 Å². The molecule has 0 amide bonds. The Bertz CT molecular complexity index is 491. The third kappa shape index (κ3) is 2.47. The van der Waals surface area contributed by atoms with E-state index in [1.165, 1.54) is 0 Å². The maximum atomic E-state index is 13.0. The molecule has 0 saturated carbocycles. The van der Waals surface area contributed by atoms with Crippen LogP contribution in [0.2, 0.25) is 0 Å². The van der Waals surface area contributed by atoms with Crippen LogP contribution in [-0.4, -0.2) is 13.4 Å². The lowest BCUT2D eigenvalue weighted by Gasteiger charge is -2.08. The molecule has 0 saturated heterocycles. The summed E-state index contributed by atoms with van der Waals surface area (Å²) in [6.07, 6.45) is -2.70. The van der Waals surface area contributed by atoms with Gasteiger partial charge in [-0.05, 0) is 15.9 Å². The summed E-state index contributed by atoms with van der Waals surface area (Å²) in [5.41, 5.74) is -1.07. The number of rotatable bonds is 2. The fraction of sp³-hybridized carbons (Fsp3) is 0.167. The fourth-order valence-corrected chi connectivity index (χ4v) is 2.36. The Balaban J connectivity index is 3.68. The van der Waals surface area contributed by atoms with Gasteiger partial charge in [0.1, 0.15) is 9.50 Å². The number of halogens is 4. The topological polar surface area (TPSA) is 73.1 Å². The first-order valence-corrected chi connectivity index (χ1v) is 5.74. The highest BCUT2D eigenvalue weighted by Crippen LogP contribution is 2.32. The number of nitrogens with two attached hydrogens (primary N) is 1. The molecule has 84 valence electrons. The predicted molar refractivity (Wildman–Crippen MR) is 48.2 cm³/mol. The number of sulfonamides is 1. The molecule has 0 aliphatic carbocycles. The molecule has 0 aliphatic rings. The minimum Gasteiger partial charge on any atom is -0.246 e. The van der Waals surface area contributed by atoms with Crippen LogP contribution in [-0.2, 0) is 10.0 Å². The summed E-state index contributed by atoms with van der Waals surface area (Å²) < 4.78 is 59.2. The third-order valence-electron chi connectivity index (χ3n) is 1.48. The molecule has 0 aromatic carbocycles. The van der Waals surface area contributed by atoms with Crippen molar-refractivity contribution in [3.8, 4) is 0 Å². The van der Waals surface area contributed by atoms with E-state index >= 15 is 0 Å². The van der Waals surface area contributed by atoms with Crippen LogP contribution in [0.15, 0.2) is 15.7 Å². The molecule has 0 bridgehead atoms. The lowest BCUT2D eigenvalue weighted by atomic mass is 10.3. The molecule has 1 rings (SSSR count). The van der Waals surface area contributed by atoms with Crippen molar-refractivity contribution in [2.75, 3.05) is 0 Å². The summed E-state index contributed by atoms with van der Waals surface area (Å²) in [5.74, 6) is -1.41. The van der Waals surface area contributed by atoms with Crippen LogP contribution in [0.1, 0.15) is 12.0 Å². The number of nitrogens with zero attached hydrogens (tertiary/aromatic N) is 1. The lowest BCUT2D eigenvalue weighted by molar-refractivity contribution is 0.145. The summed E-state index contributed by atoms with van der Waals surface area (Å²) in [6.45, 7) is 0. The molecule has 4 nitrogen and oxygen atoms in total. The summed E-state index contributed by atoms with van der Waals surface area (Å²) in [6, 6.07) is 0. The molecule has 0 unspecified atom stereocenters. The van der Waals surface area contributed by atoms with E-state index in [4.69, 9.17) is 0 Å². The van der Waals surface area contributed by atoms with Gasteiger partial charge in [-0.3, -0.25) is 0 Å². The normalized spacial score (nSPS) is 12.1. The van der Waals surface area contributed by atoms with Crippen LogP contribution >= 0.6 is 15.9 Å². The third-order valence-corrected chi connectivity index (χ3v) is 3.09. The van der Waals surface area contributed by atoms with Crippen LogP contribution in [0, 0.1) is 5.82 Å². The fourth-order valence-electron chi connectivity index (χ4n) is 0.942. The average Bonchev–Trinajstić information content (AvgIpc) is 2.05. The summed E-state index contributed by atoms with van der Waals surface area (Å²) in [4.78, 5) is 1.98. The Labute approximate surface area is 91.5 Å². The molecule has 0 fully saturated rings. The maximum absolute atomic E-state index is 13.0. The monoisotopic (exact) mass is 304 g/mol. The number of primary sulfonamides is 1. The Kier molecular flexibility index (Phi) is 3.36. The highest BCUT2D eigenvalue weighted by molar-refractivity contribution is 9.10. The van der Waals surface area contributed by atoms with Crippen molar-refractivity contribution in [3.63, 3.8) is 0 Å². The smallest absolute Gasteiger partial charge is 0.246 e. The molecule has 0 spiro atoms. The summed E-state index contributed by atoms with van der Waals surface area (Å²) in [7, 11) is -4.56. The standard InChI is InChI=1S/C6H4BrF3N2O2S/c7-5-3(6(9)10)4(15(11,13)14)2(8)1-12-5/h1,6H,(H2,11,13,14). The second-order valence-corrected chi connectivity index (χ2v) is 4.73. The molecule has 0 radical (unpaired) electrons. The zero-order valence-electron chi connectivity index (χ0n) is 6.92. The number of pyridine rings is 1. The summed E-state index contributed by atoms with van der Waals surface area (Å²) in [5, 5.41) is 4.62. The first-order valence-electron chi connectivity index (χ1n) is 3.40. The van der Waals surface area contributed by atoms with Gasteiger partial charge in [0.05, 0.1) is 11.8 Å². The van der Waals surface area contributed by atoms with E-state index < -0.39 is 37.3 Å². The van der Waals surface area contributed by atoms with Gasteiger partial charge in [0.2, 0.25) is 10.0 Å². The number of hydrogen-bond acceptors (Lipinski definition) is 3. The zero-order valence-corrected chi connectivity index (χ0v) is 9.32. The number of hydrogen-bond donors (Lipinski definition) is 1. The van der Waals surface area contributed by atoms with E-state index in [1.54, 1.807) is 0 Å². The van der Waals surface area contributed by atoms with Gasteiger partial charge in [0.15, 0.2) is 5.82 Å². The van der Waals surface area contributed by atoms with Gasteiger partial charge < -0.3 is 0 Å². The van der Waals surface area contributed by atoms with Gasteiger partial charge >= 0.3 is 0 Å². The molecule has 1 heterocycles. The van der Waals surface area contributed by atoms with Gasteiger partial charge in [0.25, 0.3) is 6.43 Å².